The van der Waals surface area contributed by atoms with Crippen LogP contribution in [0.5, 0.6) is 5.75 Å². The molecule has 0 aliphatic carbocycles. The van der Waals surface area contributed by atoms with Gasteiger partial charge in [-0.1, -0.05) is 0 Å². The van der Waals surface area contributed by atoms with Gasteiger partial charge in [0, 0.05) is 10.7 Å². The molecule has 0 spiro atoms. The Morgan fingerprint density at radius 1 is 1.47 bits per heavy atom. The molecular formula is C8H6ClFO4S. The van der Waals surface area contributed by atoms with Crippen LogP contribution in [0.25, 0.3) is 0 Å². The Morgan fingerprint density at radius 2 is 2.07 bits per heavy atom. The molecule has 0 unspecified atom stereocenters. The van der Waals surface area contributed by atoms with E-state index in [0.29, 0.717) is 0 Å². The summed E-state index contributed by atoms with van der Waals surface area (Å²) < 4.78 is 39.9. The molecule has 4 nitrogen and oxygen atoms in total. The van der Waals surface area contributed by atoms with Crippen molar-refractivity contribution in [3.8, 4) is 5.75 Å². The Kier molecular flexibility index (Phi) is 3.31. The average molecular weight is 253 g/mol. The van der Waals surface area contributed by atoms with E-state index in [0.717, 1.165) is 12.1 Å². The average Bonchev–Trinajstić information content (AvgIpc) is 2.15. The van der Waals surface area contributed by atoms with Gasteiger partial charge in [0.2, 0.25) is 0 Å². The van der Waals surface area contributed by atoms with E-state index in [1.165, 1.54) is 7.11 Å². The van der Waals surface area contributed by atoms with Crippen molar-refractivity contribution < 1.29 is 22.3 Å². The van der Waals surface area contributed by atoms with E-state index >= 15 is 0 Å². The molecule has 7 heteroatoms. The topological polar surface area (TPSA) is 60.4 Å². The van der Waals surface area contributed by atoms with Crippen LogP contribution in [0.3, 0.4) is 0 Å². The van der Waals surface area contributed by atoms with Crippen LogP contribution >= 0.6 is 10.7 Å². The molecule has 82 valence electrons. The van der Waals surface area contributed by atoms with E-state index in [1.54, 1.807) is 0 Å². The third kappa shape index (κ3) is 2.27. The van der Waals surface area contributed by atoms with Gasteiger partial charge in [-0.25, -0.2) is 12.8 Å². The zero-order valence-corrected chi connectivity index (χ0v) is 9.10. The van der Waals surface area contributed by atoms with Crippen LogP contribution in [0.1, 0.15) is 10.4 Å². The molecule has 0 saturated carbocycles. The molecule has 0 N–H and O–H groups in total. The zero-order valence-electron chi connectivity index (χ0n) is 7.53. The Hall–Kier alpha value is -1.14. The number of rotatable bonds is 3. The van der Waals surface area contributed by atoms with Gasteiger partial charge in [-0.2, -0.15) is 0 Å². The van der Waals surface area contributed by atoms with Crippen molar-refractivity contribution in [2.45, 2.75) is 4.90 Å². The highest BCUT2D eigenvalue weighted by atomic mass is 35.7. The molecule has 0 bridgehead atoms. The Bertz CT molecular complexity index is 498. The van der Waals surface area contributed by atoms with Gasteiger partial charge in [0.05, 0.1) is 17.6 Å². The standard InChI is InChI=1S/C8H6ClFO4S/c1-14-6-2-3-7(15(9,12)13)5(4-11)8(6)10/h2-4H,1H3. The van der Waals surface area contributed by atoms with Crippen LogP contribution in [0.2, 0.25) is 0 Å². The van der Waals surface area contributed by atoms with Crippen LogP contribution in [0, 0.1) is 5.82 Å². The first-order valence-corrected chi connectivity index (χ1v) is 5.99. The van der Waals surface area contributed by atoms with Gasteiger partial charge in [0.1, 0.15) is 0 Å². The van der Waals surface area contributed by atoms with Crippen LogP contribution in [-0.4, -0.2) is 21.8 Å². The number of ether oxygens (including phenoxy) is 1. The second-order valence-electron chi connectivity index (χ2n) is 2.55. The lowest BCUT2D eigenvalue weighted by Gasteiger charge is -2.06. The first-order chi connectivity index (χ1) is 6.91. The van der Waals surface area contributed by atoms with Gasteiger partial charge >= 0.3 is 0 Å². The van der Waals surface area contributed by atoms with Gasteiger partial charge in [-0.15, -0.1) is 0 Å². The van der Waals surface area contributed by atoms with E-state index in [9.17, 15) is 17.6 Å². The molecule has 0 aromatic heterocycles. The summed E-state index contributed by atoms with van der Waals surface area (Å²) in [4.78, 5) is 9.97. The molecule has 0 saturated heterocycles. The Labute approximate surface area is 90.0 Å². The lowest BCUT2D eigenvalue weighted by atomic mass is 10.2. The number of carbonyl (C=O) groups excluding carboxylic acids is 1. The molecule has 0 radical (unpaired) electrons. The fourth-order valence-electron chi connectivity index (χ4n) is 1.04. The summed E-state index contributed by atoms with van der Waals surface area (Å²) in [5.41, 5.74) is -0.635. The lowest BCUT2D eigenvalue weighted by Crippen LogP contribution is -2.02. The number of methoxy groups -OCH3 is 1. The highest BCUT2D eigenvalue weighted by molar-refractivity contribution is 8.13. The van der Waals surface area contributed by atoms with Crippen molar-refractivity contribution in [3.63, 3.8) is 0 Å². The van der Waals surface area contributed by atoms with E-state index < -0.39 is 25.3 Å². The van der Waals surface area contributed by atoms with Crippen LogP contribution in [-0.2, 0) is 9.05 Å². The highest BCUT2D eigenvalue weighted by Crippen LogP contribution is 2.27. The monoisotopic (exact) mass is 252 g/mol. The molecule has 0 atom stereocenters. The third-order valence-electron chi connectivity index (χ3n) is 1.70. The maximum Gasteiger partial charge on any atom is 0.262 e. The molecule has 1 aromatic rings. The lowest BCUT2D eigenvalue weighted by molar-refractivity contribution is 0.111. The molecule has 1 rings (SSSR count). The molecule has 0 fully saturated rings. The van der Waals surface area contributed by atoms with Crippen LogP contribution < -0.4 is 4.74 Å². The van der Waals surface area contributed by atoms with Gasteiger partial charge in [-0.3, -0.25) is 4.79 Å². The zero-order chi connectivity index (χ0) is 11.6. The van der Waals surface area contributed by atoms with Crippen molar-refractivity contribution >= 4 is 26.0 Å². The van der Waals surface area contributed by atoms with Gasteiger partial charge in [0.15, 0.2) is 17.9 Å². The van der Waals surface area contributed by atoms with E-state index in [2.05, 4.69) is 4.74 Å². The maximum atomic E-state index is 13.4. The normalized spacial score (nSPS) is 11.1. The SMILES string of the molecule is COc1ccc(S(=O)(=O)Cl)c(C=O)c1F. The third-order valence-corrected chi connectivity index (χ3v) is 3.08. The van der Waals surface area contributed by atoms with Crippen molar-refractivity contribution in [1.82, 2.24) is 0 Å². The second kappa shape index (κ2) is 4.16. The van der Waals surface area contributed by atoms with Gasteiger partial charge in [0.25, 0.3) is 9.05 Å². The molecular weight excluding hydrogens is 247 g/mol. The predicted octanol–water partition coefficient (Wildman–Crippen LogP) is 1.57. The van der Waals surface area contributed by atoms with Gasteiger partial charge in [-0.05, 0) is 12.1 Å². The number of hydrogen-bond donors (Lipinski definition) is 0. The summed E-state index contributed by atoms with van der Waals surface area (Å²) in [6.07, 6.45) is 0.0765. The minimum Gasteiger partial charge on any atom is -0.494 e. The summed E-state index contributed by atoms with van der Waals surface area (Å²) in [6, 6.07) is 2.09. The quantitative estimate of drug-likeness (QED) is 0.605. The Balaban J connectivity index is 3.59. The van der Waals surface area contributed by atoms with Crippen molar-refractivity contribution in [2.24, 2.45) is 0 Å². The summed E-state index contributed by atoms with van der Waals surface area (Å²) in [6.45, 7) is 0. The van der Waals surface area contributed by atoms with Crippen molar-refractivity contribution in [3.05, 3.63) is 23.5 Å². The number of carbonyl (C=O) groups is 1. The maximum absolute atomic E-state index is 13.4. The first-order valence-electron chi connectivity index (χ1n) is 3.68. The number of aldehydes is 1. The molecule has 0 amide bonds. The fraction of sp³-hybridized carbons (Fsp3) is 0.125. The van der Waals surface area contributed by atoms with Crippen molar-refractivity contribution in [2.75, 3.05) is 7.11 Å². The molecule has 15 heavy (non-hydrogen) atoms. The minimum atomic E-state index is -4.15. The van der Waals surface area contributed by atoms with E-state index in [4.69, 9.17) is 10.7 Å². The molecule has 0 aliphatic heterocycles. The molecule has 0 heterocycles. The van der Waals surface area contributed by atoms with Crippen LogP contribution in [0.15, 0.2) is 17.0 Å². The number of halogens is 2. The summed E-state index contributed by atoms with van der Waals surface area (Å²) in [5.74, 6) is -1.27. The minimum absolute atomic E-state index is 0.0765. The first kappa shape index (κ1) is 11.9. The summed E-state index contributed by atoms with van der Waals surface area (Å²) in [5, 5.41) is 0. The van der Waals surface area contributed by atoms with Crippen molar-refractivity contribution in [1.29, 1.82) is 0 Å². The molecule has 1 aromatic carbocycles. The highest BCUT2D eigenvalue weighted by Gasteiger charge is 2.21. The number of hydrogen-bond acceptors (Lipinski definition) is 4. The van der Waals surface area contributed by atoms with Gasteiger partial charge < -0.3 is 4.74 Å². The summed E-state index contributed by atoms with van der Waals surface area (Å²) in [7, 11) is 2.06. The van der Waals surface area contributed by atoms with E-state index in [-0.39, 0.29) is 12.0 Å². The largest absolute Gasteiger partial charge is 0.494 e. The smallest absolute Gasteiger partial charge is 0.262 e. The van der Waals surface area contributed by atoms with E-state index in [1.807, 2.05) is 0 Å². The second-order valence-corrected chi connectivity index (χ2v) is 5.08. The Morgan fingerprint density at radius 3 is 2.47 bits per heavy atom. The predicted molar refractivity (Wildman–Crippen MR) is 51.4 cm³/mol. The number of benzene rings is 1. The summed E-state index contributed by atoms with van der Waals surface area (Å²) >= 11 is 0. The van der Waals surface area contributed by atoms with Crippen LogP contribution in [0.4, 0.5) is 4.39 Å². The fourth-order valence-corrected chi connectivity index (χ4v) is 2.07. The molecule has 0 aliphatic rings.